The minimum Gasteiger partial charge on any atom is -0.507 e. The molecule has 2 aromatic rings. The van der Waals surface area contributed by atoms with Gasteiger partial charge in [0, 0.05) is 31.8 Å². The van der Waals surface area contributed by atoms with Gasteiger partial charge in [0.15, 0.2) is 11.6 Å². The number of phenolic OH excluding ortho intramolecular Hbond substituents is 1. The van der Waals surface area contributed by atoms with Gasteiger partial charge < -0.3 is 20.1 Å². The average Bonchev–Trinajstić information content (AvgIpc) is 2.95. The average molecular weight is 448 g/mol. The Morgan fingerprint density at radius 2 is 1.97 bits per heavy atom. The zero-order valence-electron chi connectivity index (χ0n) is 17.0. The summed E-state index contributed by atoms with van der Waals surface area (Å²) in [4.78, 5) is 32.2. The molecule has 2 amide bonds. The summed E-state index contributed by atoms with van der Waals surface area (Å²) in [5, 5.41) is 12.3. The van der Waals surface area contributed by atoms with Crippen LogP contribution in [0, 0.1) is 11.6 Å². The van der Waals surface area contributed by atoms with E-state index in [0.717, 1.165) is 17.0 Å². The molecule has 0 spiro atoms. The summed E-state index contributed by atoms with van der Waals surface area (Å²) >= 11 is 0. The van der Waals surface area contributed by atoms with E-state index in [1.165, 1.54) is 17.0 Å². The minimum atomic E-state index is -0.800. The highest BCUT2D eigenvalue weighted by Gasteiger charge is 2.34. The maximum Gasteiger partial charge on any atom is 0.414 e. The van der Waals surface area contributed by atoms with Crippen LogP contribution in [0.1, 0.15) is 10.4 Å². The lowest BCUT2D eigenvalue weighted by atomic mass is 10.2. The van der Waals surface area contributed by atoms with Crippen LogP contribution in [-0.2, 0) is 9.57 Å². The highest BCUT2D eigenvalue weighted by molar-refractivity contribution is 5.97. The number of cyclic esters (lactones) is 1. The van der Waals surface area contributed by atoms with Crippen molar-refractivity contribution < 1.29 is 33.1 Å². The van der Waals surface area contributed by atoms with Crippen molar-refractivity contribution in [2.24, 2.45) is 0 Å². The Bertz CT molecular complexity index is 990. The summed E-state index contributed by atoms with van der Waals surface area (Å²) in [5.74, 6) is -2.31. The molecule has 170 valence electrons. The molecule has 11 heteroatoms. The first-order valence-corrected chi connectivity index (χ1v) is 10.1. The quantitative estimate of drug-likeness (QED) is 0.641. The number of ether oxygens (including phenoxy) is 1. The highest BCUT2D eigenvalue weighted by Crippen LogP contribution is 2.31. The van der Waals surface area contributed by atoms with Crippen molar-refractivity contribution in [1.29, 1.82) is 0 Å². The van der Waals surface area contributed by atoms with E-state index in [1.54, 1.807) is 12.1 Å². The van der Waals surface area contributed by atoms with Crippen LogP contribution in [0.15, 0.2) is 36.4 Å². The number of carbonyl (C=O) groups excluding carboxylic acids is 2. The normalized spacial score (nSPS) is 18.9. The summed E-state index contributed by atoms with van der Waals surface area (Å²) in [7, 11) is 0. The molecule has 32 heavy (non-hydrogen) atoms. The number of nitrogens with zero attached hydrogens (tertiary/aromatic N) is 2. The zero-order valence-corrected chi connectivity index (χ0v) is 17.0. The smallest absolute Gasteiger partial charge is 0.414 e. The largest absolute Gasteiger partial charge is 0.507 e. The van der Waals surface area contributed by atoms with Gasteiger partial charge in [-0.2, -0.15) is 0 Å². The van der Waals surface area contributed by atoms with Gasteiger partial charge in [-0.05, 0) is 12.1 Å². The number of carbonyl (C=O) groups is 2. The first-order chi connectivity index (χ1) is 15.4. The molecule has 0 radical (unpaired) electrons. The van der Waals surface area contributed by atoms with E-state index in [9.17, 15) is 23.5 Å². The lowest BCUT2D eigenvalue weighted by Gasteiger charge is -2.24. The Balaban J connectivity index is 1.42. The lowest BCUT2D eigenvalue weighted by Crippen LogP contribution is -2.34. The molecule has 0 unspecified atom stereocenters. The van der Waals surface area contributed by atoms with E-state index in [2.05, 4.69) is 10.8 Å². The monoisotopic (exact) mass is 448 g/mol. The molecule has 0 saturated carbocycles. The molecule has 3 N–H and O–H groups in total. The number of benzene rings is 2. The van der Waals surface area contributed by atoms with Gasteiger partial charge in [0.05, 0.1) is 30.9 Å². The second-order valence-corrected chi connectivity index (χ2v) is 7.33. The first-order valence-electron chi connectivity index (χ1n) is 10.1. The number of rotatable bonds is 5. The van der Waals surface area contributed by atoms with Crippen LogP contribution in [0.25, 0.3) is 0 Å². The standard InChI is InChI=1S/C21H22F2N4O5/c22-16-9-13(10-17(23)19(16)26-6-5-25-31-8-7-26)27-12-14(32-21(27)30)11-24-20(29)15-3-1-2-4-18(15)28/h1-4,9-10,14,25,28H,5-8,11-12H2,(H,24,29)/t14-/m0/s1. The summed E-state index contributed by atoms with van der Waals surface area (Å²) < 4.78 is 34.8. The van der Waals surface area contributed by atoms with Gasteiger partial charge in [-0.15, -0.1) is 0 Å². The number of para-hydroxylation sites is 1. The third kappa shape index (κ3) is 4.58. The van der Waals surface area contributed by atoms with Crippen LogP contribution in [0.2, 0.25) is 0 Å². The molecule has 2 aliphatic heterocycles. The van der Waals surface area contributed by atoms with E-state index >= 15 is 0 Å². The van der Waals surface area contributed by atoms with Crippen molar-refractivity contribution in [2.45, 2.75) is 6.10 Å². The molecule has 0 aromatic heterocycles. The fraction of sp³-hybridized carbons (Fsp3) is 0.333. The van der Waals surface area contributed by atoms with E-state index in [0.29, 0.717) is 19.6 Å². The molecular formula is C21H22F2N4O5. The zero-order chi connectivity index (χ0) is 22.7. The van der Waals surface area contributed by atoms with Crippen molar-refractivity contribution in [2.75, 3.05) is 49.1 Å². The Kier molecular flexibility index (Phi) is 6.37. The molecule has 9 nitrogen and oxygen atoms in total. The molecule has 0 bridgehead atoms. The SMILES string of the molecule is O=C(NC[C@H]1CN(c2cc(F)c(N3CCNOCC3)c(F)c2)C(=O)O1)c1ccccc1O. The number of halogens is 2. The second kappa shape index (κ2) is 9.37. The summed E-state index contributed by atoms with van der Waals surface area (Å²) in [5.41, 5.74) is 2.61. The minimum absolute atomic E-state index is 0.000411. The van der Waals surface area contributed by atoms with Gasteiger partial charge in [0.2, 0.25) is 0 Å². The summed E-state index contributed by atoms with van der Waals surface area (Å²) in [6.45, 7) is 1.32. The van der Waals surface area contributed by atoms with Crippen molar-refractivity contribution in [3.63, 3.8) is 0 Å². The fourth-order valence-electron chi connectivity index (χ4n) is 3.63. The van der Waals surface area contributed by atoms with Crippen LogP contribution in [0.5, 0.6) is 5.75 Å². The Labute approximate surface area is 182 Å². The van der Waals surface area contributed by atoms with Crippen LogP contribution in [-0.4, -0.2) is 62.5 Å². The molecule has 0 aliphatic carbocycles. The topological polar surface area (TPSA) is 103 Å². The van der Waals surface area contributed by atoms with Gasteiger partial charge >= 0.3 is 6.09 Å². The first kappa shape index (κ1) is 21.8. The Morgan fingerprint density at radius 1 is 1.22 bits per heavy atom. The maximum absolute atomic E-state index is 14.8. The molecular weight excluding hydrogens is 426 g/mol. The van der Waals surface area contributed by atoms with Crippen LogP contribution in [0.3, 0.4) is 0 Å². The Morgan fingerprint density at radius 3 is 2.72 bits per heavy atom. The van der Waals surface area contributed by atoms with E-state index in [-0.39, 0.29) is 42.4 Å². The number of hydrogen-bond acceptors (Lipinski definition) is 7. The maximum atomic E-state index is 14.8. The predicted octanol–water partition coefficient (Wildman–Crippen LogP) is 1.77. The highest BCUT2D eigenvalue weighted by atomic mass is 19.1. The van der Waals surface area contributed by atoms with E-state index < -0.39 is 29.7 Å². The van der Waals surface area contributed by atoms with E-state index in [1.807, 2.05) is 0 Å². The van der Waals surface area contributed by atoms with Gasteiger partial charge in [0.1, 0.15) is 17.5 Å². The molecule has 1 atom stereocenters. The second-order valence-electron chi connectivity index (χ2n) is 7.33. The van der Waals surface area contributed by atoms with Crippen molar-refractivity contribution in [1.82, 2.24) is 10.8 Å². The van der Waals surface area contributed by atoms with Crippen molar-refractivity contribution in [3.05, 3.63) is 53.6 Å². The van der Waals surface area contributed by atoms with Crippen LogP contribution in [0.4, 0.5) is 25.0 Å². The Hall–Kier alpha value is -3.44. The number of phenols is 1. The molecule has 2 saturated heterocycles. The third-order valence-electron chi connectivity index (χ3n) is 5.19. The predicted molar refractivity (Wildman–Crippen MR) is 111 cm³/mol. The van der Waals surface area contributed by atoms with Gasteiger partial charge in [0.25, 0.3) is 5.91 Å². The number of amides is 2. The van der Waals surface area contributed by atoms with Crippen molar-refractivity contribution >= 4 is 23.4 Å². The molecule has 2 fully saturated rings. The summed E-state index contributed by atoms with van der Waals surface area (Å²) in [6, 6.07) is 8.20. The summed E-state index contributed by atoms with van der Waals surface area (Å²) in [6.07, 6.45) is -1.50. The molecule has 2 aliphatic rings. The van der Waals surface area contributed by atoms with Crippen LogP contribution < -0.4 is 20.6 Å². The van der Waals surface area contributed by atoms with Crippen LogP contribution >= 0.6 is 0 Å². The molecule has 2 heterocycles. The van der Waals surface area contributed by atoms with Gasteiger partial charge in [-0.25, -0.2) is 19.1 Å². The van der Waals surface area contributed by atoms with Gasteiger partial charge in [-0.3, -0.25) is 14.5 Å². The number of hydrogen-bond donors (Lipinski definition) is 3. The fourth-order valence-corrected chi connectivity index (χ4v) is 3.63. The number of anilines is 2. The number of hydroxylamine groups is 1. The number of aromatic hydroxyl groups is 1. The molecule has 2 aromatic carbocycles. The lowest BCUT2D eigenvalue weighted by molar-refractivity contribution is 0.0589. The molecule has 4 rings (SSSR count). The van der Waals surface area contributed by atoms with Gasteiger partial charge in [-0.1, -0.05) is 12.1 Å². The van der Waals surface area contributed by atoms with Crippen molar-refractivity contribution in [3.8, 4) is 5.75 Å². The third-order valence-corrected chi connectivity index (χ3v) is 5.19. The van der Waals surface area contributed by atoms with E-state index in [4.69, 9.17) is 9.57 Å². The number of nitrogens with one attached hydrogen (secondary N) is 2.